The predicted octanol–water partition coefficient (Wildman–Crippen LogP) is -0.543. The highest BCUT2D eigenvalue weighted by molar-refractivity contribution is 5.86. The summed E-state index contributed by atoms with van der Waals surface area (Å²) in [6.45, 7) is 0. The second-order valence-corrected chi connectivity index (χ2v) is 4.00. The number of hydrogen-bond acceptors (Lipinski definition) is 3. The summed E-state index contributed by atoms with van der Waals surface area (Å²) in [4.78, 5) is 21.4. The van der Waals surface area contributed by atoms with E-state index >= 15 is 0 Å². The first-order valence-electron chi connectivity index (χ1n) is 4.29. The molecule has 78 valence electrons. The van der Waals surface area contributed by atoms with E-state index in [-0.39, 0.29) is 6.42 Å². The van der Waals surface area contributed by atoms with Crippen molar-refractivity contribution >= 4 is 11.9 Å². The highest BCUT2D eigenvalue weighted by Gasteiger charge is 2.74. The van der Waals surface area contributed by atoms with Crippen LogP contribution >= 0.6 is 0 Å². The Morgan fingerprint density at radius 1 is 1.43 bits per heavy atom. The summed E-state index contributed by atoms with van der Waals surface area (Å²) in [5, 5.41) is 17.5. The summed E-state index contributed by atoms with van der Waals surface area (Å²) in [5.41, 5.74) is 3.43. The van der Waals surface area contributed by atoms with E-state index in [1.54, 1.807) is 0 Å². The molecule has 5 atom stereocenters. The van der Waals surface area contributed by atoms with Crippen molar-refractivity contribution in [2.75, 3.05) is 0 Å². The van der Waals surface area contributed by atoms with Crippen LogP contribution in [0.5, 0.6) is 0 Å². The van der Waals surface area contributed by atoms with E-state index in [4.69, 9.17) is 15.9 Å². The Bertz CT molecular complexity index is 320. The number of carboxylic acid groups (broad SMARTS) is 2. The molecule has 0 heterocycles. The molecule has 0 aromatic heterocycles. The van der Waals surface area contributed by atoms with Crippen LogP contribution in [0.4, 0.5) is 4.39 Å². The van der Waals surface area contributed by atoms with Crippen molar-refractivity contribution < 1.29 is 24.2 Å². The van der Waals surface area contributed by atoms with Crippen LogP contribution in [0.3, 0.4) is 0 Å². The minimum Gasteiger partial charge on any atom is -0.481 e. The van der Waals surface area contributed by atoms with Crippen LogP contribution in [-0.4, -0.2) is 33.9 Å². The Labute approximate surface area is 78.7 Å². The molecule has 14 heavy (non-hydrogen) atoms. The quantitative estimate of drug-likeness (QED) is 0.559. The van der Waals surface area contributed by atoms with E-state index in [1.807, 2.05) is 0 Å². The molecule has 2 rings (SSSR count). The minimum atomic E-state index is -1.99. The highest BCUT2D eigenvalue weighted by Crippen LogP contribution is 2.62. The first-order valence-corrected chi connectivity index (χ1v) is 4.29. The molecule has 0 unspecified atom stereocenters. The SMILES string of the molecule is N[C@@]1(C(=O)O)[C@H]2[C@@H](C[C@H]1F)[C@@H]2C(=O)O. The number of alkyl halides is 1. The smallest absolute Gasteiger partial charge is 0.327 e. The van der Waals surface area contributed by atoms with Gasteiger partial charge in [-0.15, -0.1) is 0 Å². The third-order valence-electron chi connectivity index (χ3n) is 3.37. The van der Waals surface area contributed by atoms with E-state index in [1.165, 1.54) is 0 Å². The zero-order valence-electron chi connectivity index (χ0n) is 7.18. The van der Waals surface area contributed by atoms with Crippen molar-refractivity contribution in [3.63, 3.8) is 0 Å². The Kier molecular flexibility index (Phi) is 1.64. The molecule has 0 bridgehead atoms. The Morgan fingerprint density at radius 3 is 2.43 bits per heavy atom. The van der Waals surface area contributed by atoms with Crippen molar-refractivity contribution in [3.05, 3.63) is 0 Å². The average Bonchev–Trinajstić information content (AvgIpc) is 2.70. The molecule has 4 N–H and O–H groups in total. The summed E-state index contributed by atoms with van der Waals surface area (Å²) in [5.74, 6) is -4.44. The van der Waals surface area contributed by atoms with Gasteiger partial charge in [0.15, 0.2) is 0 Å². The van der Waals surface area contributed by atoms with Gasteiger partial charge < -0.3 is 15.9 Å². The van der Waals surface area contributed by atoms with Gasteiger partial charge >= 0.3 is 11.9 Å². The molecule has 2 aliphatic carbocycles. The molecule has 6 heteroatoms. The second-order valence-electron chi connectivity index (χ2n) is 4.00. The molecular formula is C8H10FNO4. The lowest BCUT2D eigenvalue weighted by Gasteiger charge is -2.24. The van der Waals surface area contributed by atoms with Crippen LogP contribution in [0.2, 0.25) is 0 Å². The fourth-order valence-electron chi connectivity index (χ4n) is 2.57. The monoisotopic (exact) mass is 203 g/mol. The van der Waals surface area contributed by atoms with Crippen molar-refractivity contribution in [2.24, 2.45) is 23.5 Å². The fraction of sp³-hybridized carbons (Fsp3) is 0.750. The van der Waals surface area contributed by atoms with Crippen LogP contribution in [0, 0.1) is 17.8 Å². The fourth-order valence-corrected chi connectivity index (χ4v) is 2.57. The third-order valence-corrected chi connectivity index (χ3v) is 3.37. The van der Waals surface area contributed by atoms with Crippen LogP contribution in [0.15, 0.2) is 0 Å². The number of halogens is 1. The molecule has 0 aromatic rings. The van der Waals surface area contributed by atoms with Crippen LogP contribution in [0.25, 0.3) is 0 Å². The number of fused-ring (bicyclic) bond motifs is 1. The normalized spacial score (nSPS) is 49.9. The summed E-state index contributed by atoms with van der Waals surface area (Å²) in [6, 6.07) is 0. The second kappa shape index (κ2) is 2.44. The Balaban J connectivity index is 2.26. The molecule has 0 saturated heterocycles. The van der Waals surface area contributed by atoms with Gasteiger partial charge in [-0.3, -0.25) is 9.59 Å². The van der Waals surface area contributed by atoms with E-state index in [9.17, 15) is 14.0 Å². The van der Waals surface area contributed by atoms with Gasteiger partial charge in [0, 0.05) is 5.92 Å². The summed E-state index contributed by atoms with van der Waals surface area (Å²) < 4.78 is 13.2. The van der Waals surface area contributed by atoms with Crippen molar-refractivity contribution in [3.8, 4) is 0 Å². The molecule has 0 aliphatic heterocycles. The number of carboxylic acids is 2. The first-order chi connectivity index (χ1) is 6.40. The molecule has 5 nitrogen and oxygen atoms in total. The van der Waals surface area contributed by atoms with Gasteiger partial charge in [-0.05, 0) is 12.3 Å². The lowest BCUT2D eigenvalue weighted by molar-refractivity contribution is -0.147. The maximum Gasteiger partial charge on any atom is 0.327 e. The highest BCUT2D eigenvalue weighted by atomic mass is 19.1. The maximum atomic E-state index is 13.2. The van der Waals surface area contributed by atoms with Crippen molar-refractivity contribution in [1.29, 1.82) is 0 Å². The van der Waals surface area contributed by atoms with Crippen LogP contribution in [-0.2, 0) is 9.59 Å². The Hall–Kier alpha value is -1.17. The standard InChI is InChI=1S/C8H10FNO4/c9-3-1-2-4(6(11)12)5(2)8(3,10)7(13)14/h2-5H,1,10H2,(H,11,12)(H,13,14)/t2-,3+,4-,5-,8+/m0/s1. The lowest BCUT2D eigenvalue weighted by Crippen LogP contribution is -2.56. The number of carbonyl (C=O) groups is 2. The summed E-state index contributed by atoms with van der Waals surface area (Å²) >= 11 is 0. The van der Waals surface area contributed by atoms with Gasteiger partial charge in [-0.1, -0.05) is 0 Å². The molecule has 0 aromatic carbocycles. The number of nitrogens with two attached hydrogens (primary N) is 1. The van der Waals surface area contributed by atoms with E-state index in [0.29, 0.717) is 0 Å². The van der Waals surface area contributed by atoms with E-state index < -0.39 is 41.4 Å². The van der Waals surface area contributed by atoms with Crippen molar-refractivity contribution in [2.45, 2.75) is 18.1 Å². The van der Waals surface area contributed by atoms with E-state index in [2.05, 4.69) is 0 Å². The van der Waals surface area contributed by atoms with E-state index in [0.717, 1.165) is 0 Å². The molecular weight excluding hydrogens is 193 g/mol. The molecule has 2 fully saturated rings. The molecule has 2 aliphatic rings. The summed E-state index contributed by atoms with van der Waals surface area (Å²) in [6.07, 6.45) is -1.68. The molecule has 0 radical (unpaired) electrons. The van der Waals surface area contributed by atoms with Gasteiger partial charge in [-0.25, -0.2) is 4.39 Å². The topological polar surface area (TPSA) is 101 Å². The van der Waals surface area contributed by atoms with Crippen molar-refractivity contribution in [1.82, 2.24) is 0 Å². The molecule has 2 saturated carbocycles. The molecule has 0 spiro atoms. The molecule has 0 amide bonds. The summed E-state index contributed by atoms with van der Waals surface area (Å²) in [7, 11) is 0. The van der Waals surface area contributed by atoms with Gasteiger partial charge in [0.05, 0.1) is 5.92 Å². The lowest BCUT2D eigenvalue weighted by atomic mass is 9.90. The first kappa shape index (κ1) is 9.39. The van der Waals surface area contributed by atoms with Gasteiger partial charge in [0.1, 0.15) is 11.7 Å². The predicted molar refractivity (Wildman–Crippen MR) is 42.2 cm³/mol. The average molecular weight is 203 g/mol. The Morgan fingerprint density at radius 2 is 2.00 bits per heavy atom. The zero-order chi connectivity index (χ0) is 10.7. The number of rotatable bonds is 2. The zero-order valence-corrected chi connectivity index (χ0v) is 7.18. The minimum absolute atomic E-state index is 0.0512. The third kappa shape index (κ3) is 0.863. The largest absolute Gasteiger partial charge is 0.481 e. The van der Waals surface area contributed by atoms with Gasteiger partial charge in [0.2, 0.25) is 0 Å². The van der Waals surface area contributed by atoms with Gasteiger partial charge in [-0.2, -0.15) is 0 Å². The number of hydrogen-bond donors (Lipinski definition) is 3. The van der Waals surface area contributed by atoms with Crippen LogP contribution in [0.1, 0.15) is 6.42 Å². The maximum absolute atomic E-state index is 13.2. The van der Waals surface area contributed by atoms with Crippen LogP contribution < -0.4 is 5.73 Å². The van der Waals surface area contributed by atoms with Gasteiger partial charge in [0.25, 0.3) is 0 Å². The number of aliphatic carboxylic acids is 2.